The number of hydrogen-bond acceptors (Lipinski definition) is 0. The maximum absolute atomic E-state index is 5.21. The van der Waals surface area contributed by atoms with Gasteiger partial charge >= 0.3 is 0 Å². The Hall–Kier alpha value is -0.300. The standard InChI is InChI=1S/C5H9ClN/c1-7(2)5-3-4-6/h3-5H,1-2H3/q+1/b4-3-. The lowest BCUT2D eigenvalue weighted by atomic mass is 10.7. The monoisotopic (exact) mass is 118 g/mol. The van der Waals surface area contributed by atoms with Gasteiger partial charge in [0.25, 0.3) is 0 Å². The third kappa shape index (κ3) is 5.70. The highest BCUT2D eigenvalue weighted by Gasteiger charge is 1.71. The molecule has 0 spiro atoms. The van der Waals surface area contributed by atoms with Crippen molar-refractivity contribution in [2.45, 2.75) is 0 Å². The minimum atomic E-state index is 1.47. The van der Waals surface area contributed by atoms with Gasteiger partial charge in [0.1, 0.15) is 14.1 Å². The predicted molar refractivity (Wildman–Crippen MR) is 33.2 cm³/mol. The average Bonchev–Trinajstić information content (AvgIpc) is 1.61. The zero-order valence-corrected chi connectivity index (χ0v) is 5.31. The summed E-state index contributed by atoms with van der Waals surface area (Å²) in [4.78, 5) is 0. The molecular formula is C5H9ClN+. The second-order valence-corrected chi connectivity index (χ2v) is 1.68. The van der Waals surface area contributed by atoms with E-state index in [2.05, 4.69) is 0 Å². The van der Waals surface area contributed by atoms with Crippen molar-refractivity contribution < 1.29 is 4.58 Å². The molecule has 0 N–H and O–H groups in total. The molecule has 0 atom stereocenters. The summed E-state index contributed by atoms with van der Waals surface area (Å²) < 4.78 is 1.92. The van der Waals surface area contributed by atoms with Crippen LogP contribution < -0.4 is 0 Å². The van der Waals surface area contributed by atoms with Crippen molar-refractivity contribution in [2.24, 2.45) is 0 Å². The van der Waals surface area contributed by atoms with E-state index in [9.17, 15) is 0 Å². The molecule has 0 heterocycles. The lowest BCUT2D eigenvalue weighted by Crippen LogP contribution is -1.94. The molecule has 40 valence electrons. The van der Waals surface area contributed by atoms with Gasteiger partial charge in [-0.25, -0.2) is 4.58 Å². The third-order valence-corrected chi connectivity index (χ3v) is 0.602. The molecule has 7 heavy (non-hydrogen) atoms. The van der Waals surface area contributed by atoms with Crippen LogP contribution in [-0.4, -0.2) is 24.9 Å². The molecule has 0 amide bonds. The van der Waals surface area contributed by atoms with Crippen molar-refractivity contribution in [3.8, 4) is 0 Å². The summed E-state index contributed by atoms with van der Waals surface area (Å²) >= 11 is 5.21. The number of rotatable bonds is 1. The molecule has 0 saturated heterocycles. The number of nitrogens with zero attached hydrogens (tertiary/aromatic N) is 1. The van der Waals surface area contributed by atoms with E-state index in [1.165, 1.54) is 5.54 Å². The number of hydrogen-bond donors (Lipinski definition) is 0. The Morgan fingerprint density at radius 2 is 2.00 bits per heavy atom. The van der Waals surface area contributed by atoms with Gasteiger partial charge in [0.15, 0.2) is 6.21 Å². The Labute approximate surface area is 48.9 Å². The van der Waals surface area contributed by atoms with E-state index in [4.69, 9.17) is 11.6 Å². The molecule has 0 fully saturated rings. The fourth-order valence-corrected chi connectivity index (χ4v) is 0.270. The van der Waals surface area contributed by atoms with Gasteiger partial charge in [0.05, 0.1) is 0 Å². The molecule has 1 nitrogen and oxygen atoms in total. The van der Waals surface area contributed by atoms with Gasteiger partial charge in [0, 0.05) is 11.6 Å². The van der Waals surface area contributed by atoms with Crippen LogP contribution in [0, 0.1) is 0 Å². The molecule has 0 rings (SSSR count). The Balaban J connectivity index is 3.46. The zero-order chi connectivity index (χ0) is 5.70. The van der Waals surface area contributed by atoms with Crippen molar-refractivity contribution >= 4 is 17.8 Å². The highest BCUT2D eigenvalue weighted by Crippen LogP contribution is 1.71. The highest BCUT2D eigenvalue weighted by atomic mass is 35.5. The van der Waals surface area contributed by atoms with Crippen LogP contribution in [0.2, 0.25) is 0 Å². The predicted octanol–water partition coefficient (Wildman–Crippen LogP) is 1.08. The summed E-state index contributed by atoms with van der Waals surface area (Å²) in [6, 6.07) is 0. The second-order valence-electron chi connectivity index (χ2n) is 1.43. The van der Waals surface area contributed by atoms with Crippen molar-refractivity contribution in [1.82, 2.24) is 0 Å². The van der Waals surface area contributed by atoms with Crippen LogP contribution in [0.3, 0.4) is 0 Å². The largest absolute Gasteiger partial charge is 0.241 e. The maximum atomic E-state index is 5.21. The van der Waals surface area contributed by atoms with Gasteiger partial charge in [-0.3, -0.25) is 0 Å². The molecule has 0 unspecified atom stereocenters. The highest BCUT2D eigenvalue weighted by molar-refractivity contribution is 6.26. The maximum Gasteiger partial charge on any atom is 0.163 e. The van der Waals surface area contributed by atoms with Crippen LogP contribution >= 0.6 is 11.6 Å². The number of allylic oxidation sites excluding steroid dienone is 1. The Morgan fingerprint density at radius 1 is 1.43 bits per heavy atom. The fourth-order valence-electron chi connectivity index (χ4n) is 0.205. The van der Waals surface area contributed by atoms with Crippen molar-refractivity contribution in [3.05, 3.63) is 11.6 Å². The molecule has 0 bridgehead atoms. The minimum Gasteiger partial charge on any atom is -0.241 e. The Bertz CT molecular complexity index is 90.3. The first-order chi connectivity index (χ1) is 3.27. The van der Waals surface area contributed by atoms with Crippen molar-refractivity contribution in [3.63, 3.8) is 0 Å². The summed E-state index contributed by atoms with van der Waals surface area (Å²) in [7, 11) is 3.88. The van der Waals surface area contributed by atoms with Crippen LogP contribution in [0.25, 0.3) is 0 Å². The second kappa shape index (κ2) is 3.88. The zero-order valence-electron chi connectivity index (χ0n) is 4.56. The normalized spacial score (nSPS) is 9.57. The van der Waals surface area contributed by atoms with Crippen LogP contribution in [-0.2, 0) is 0 Å². The SMILES string of the molecule is C[N+](C)=C/C=C\Cl. The van der Waals surface area contributed by atoms with E-state index in [1.54, 1.807) is 6.08 Å². The van der Waals surface area contributed by atoms with Gasteiger partial charge in [-0.05, 0) is 0 Å². The van der Waals surface area contributed by atoms with Crippen molar-refractivity contribution in [2.75, 3.05) is 14.1 Å². The van der Waals surface area contributed by atoms with Gasteiger partial charge in [-0.2, -0.15) is 0 Å². The molecule has 0 aromatic rings. The molecule has 0 radical (unpaired) electrons. The Kier molecular flexibility index (Phi) is 3.71. The van der Waals surface area contributed by atoms with Crippen LogP contribution in [0.15, 0.2) is 11.6 Å². The summed E-state index contributed by atoms with van der Waals surface area (Å²) in [6.07, 6.45) is 3.63. The molecular weight excluding hydrogens is 110 g/mol. The van der Waals surface area contributed by atoms with E-state index in [0.717, 1.165) is 0 Å². The summed E-state index contributed by atoms with van der Waals surface area (Å²) in [5, 5.41) is 0. The topological polar surface area (TPSA) is 3.01 Å². The summed E-state index contributed by atoms with van der Waals surface area (Å²) in [5.41, 5.74) is 1.47. The van der Waals surface area contributed by atoms with E-state index in [-0.39, 0.29) is 0 Å². The first kappa shape index (κ1) is 6.70. The number of halogens is 1. The average molecular weight is 119 g/mol. The van der Waals surface area contributed by atoms with Crippen LogP contribution in [0.1, 0.15) is 0 Å². The summed E-state index contributed by atoms with van der Waals surface area (Å²) in [6.45, 7) is 0. The van der Waals surface area contributed by atoms with E-state index >= 15 is 0 Å². The van der Waals surface area contributed by atoms with Crippen molar-refractivity contribution in [1.29, 1.82) is 0 Å². The van der Waals surface area contributed by atoms with Crippen LogP contribution in [0.5, 0.6) is 0 Å². The molecule has 0 aromatic heterocycles. The van der Waals surface area contributed by atoms with Gasteiger partial charge in [-0.15, -0.1) is 0 Å². The first-order valence-electron chi connectivity index (χ1n) is 2.04. The van der Waals surface area contributed by atoms with E-state index in [0.29, 0.717) is 0 Å². The molecule has 0 aromatic carbocycles. The molecule has 0 saturated carbocycles. The van der Waals surface area contributed by atoms with Crippen LogP contribution in [0.4, 0.5) is 0 Å². The molecule has 0 aliphatic carbocycles. The lowest BCUT2D eigenvalue weighted by Gasteiger charge is -1.74. The first-order valence-corrected chi connectivity index (χ1v) is 2.47. The lowest BCUT2D eigenvalue weighted by molar-refractivity contribution is -0.458. The molecule has 0 aliphatic heterocycles. The minimum absolute atomic E-state index is 1.47. The smallest absolute Gasteiger partial charge is 0.163 e. The van der Waals surface area contributed by atoms with E-state index < -0.39 is 0 Å². The van der Waals surface area contributed by atoms with E-state index in [1.807, 2.05) is 24.9 Å². The summed E-state index contributed by atoms with van der Waals surface area (Å²) in [5.74, 6) is 0. The fraction of sp³-hybridized carbons (Fsp3) is 0.400. The van der Waals surface area contributed by atoms with Gasteiger partial charge < -0.3 is 0 Å². The Morgan fingerprint density at radius 3 is 2.14 bits per heavy atom. The molecule has 2 heteroatoms. The van der Waals surface area contributed by atoms with Gasteiger partial charge in [0.2, 0.25) is 0 Å². The quantitative estimate of drug-likeness (QED) is 0.358. The molecule has 0 aliphatic rings. The van der Waals surface area contributed by atoms with Gasteiger partial charge in [-0.1, -0.05) is 11.6 Å². The third-order valence-electron chi connectivity index (χ3n) is 0.457.